The summed E-state index contributed by atoms with van der Waals surface area (Å²) in [5.41, 5.74) is 0. The summed E-state index contributed by atoms with van der Waals surface area (Å²) in [6.07, 6.45) is 0. The van der Waals surface area contributed by atoms with Crippen LogP contribution in [0.5, 0.6) is 0 Å². The van der Waals surface area contributed by atoms with Crippen LogP contribution >= 0.6 is 12.4 Å². The van der Waals surface area contributed by atoms with Crippen molar-refractivity contribution in [2.45, 2.75) is 32.4 Å². The Morgan fingerprint density at radius 2 is 2.19 bits per heavy atom. The van der Waals surface area contributed by atoms with Crippen molar-refractivity contribution in [2.24, 2.45) is 0 Å². The number of rotatable bonds is 4. The van der Waals surface area contributed by atoms with E-state index in [-0.39, 0.29) is 12.4 Å². The van der Waals surface area contributed by atoms with Gasteiger partial charge in [0.25, 0.3) is 0 Å². The van der Waals surface area contributed by atoms with Gasteiger partial charge in [-0.15, -0.1) is 12.4 Å². The lowest BCUT2D eigenvalue weighted by molar-refractivity contribution is 0.155. The summed E-state index contributed by atoms with van der Waals surface area (Å²) in [7, 11) is 2.09. The molecule has 2 rings (SSSR count). The monoisotopic (exact) mass is 246 g/mol. The Kier molecular flexibility index (Phi) is 4.70. The molecular weight excluding hydrogens is 228 g/mol. The van der Waals surface area contributed by atoms with E-state index < -0.39 is 0 Å². The van der Waals surface area contributed by atoms with Crippen LogP contribution in [0.4, 0.5) is 0 Å². The van der Waals surface area contributed by atoms with E-state index in [9.17, 15) is 0 Å². The maximum atomic E-state index is 5.19. The summed E-state index contributed by atoms with van der Waals surface area (Å²) >= 11 is 0. The smallest absolute Gasteiger partial charge is 0.240 e. The quantitative estimate of drug-likeness (QED) is 0.860. The van der Waals surface area contributed by atoms with Gasteiger partial charge in [0, 0.05) is 25.0 Å². The number of hydrogen-bond donors (Lipinski definition) is 1. The zero-order valence-electron chi connectivity index (χ0n) is 9.93. The summed E-state index contributed by atoms with van der Waals surface area (Å²) in [5.74, 6) is 1.84. The van der Waals surface area contributed by atoms with E-state index >= 15 is 0 Å². The molecule has 1 aromatic heterocycles. The molecule has 1 saturated heterocycles. The highest BCUT2D eigenvalue weighted by molar-refractivity contribution is 5.85. The molecule has 1 aliphatic heterocycles. The molecule has 0 aliphatic carbocycles. The van der Waals surface area contributed by atoms with Gasteiger partial charge in [0.05, 0.1) is 6.54 Å². The van der Waals surface area contributed by atoms with Crippen LogP contribution in [0.15, 0.2) is 4.52 Å². The second kappa shape index (κ2) is 5.61. The molecule has 0 spiro atoms. The first kappa shape index (κ1) is 13.4. The minimum atomic E-state index is 0. The summed E-state index contributed by atoms with van der Waals surface area (Å²) in [5, 5.41) is 7.19. The minimum Gasteiger partial charge on any atom is -0.338 e. The first-order chi connectivity index (χ1) is 7.16. The maximum absolute atomic E-state index is 5.19. The number of likely N-dealkylation sites (N-methyl/N-ethyl adjacent to an activating group) is 1. The van der Waals surface area contributed by atoms with Gasteiger partial charge in [-0.3, -0.25) is 4.90 Å². The molecule has 5 nitrogen and oxygen atoms in total. The van der Waals surface area contributed by atoms with E-state index in [2.05, 4.69) is 41.3 Å². The molecule has 2 heterocycles. The average molecular weight is 247 g/mol. The molecule has 92 valence electrons. The van der Waals surface area contributed by atoms with Gasteiger partial charge in [-0.05, 0) is 7.05 Å². The largest absolute Gasteiger partial charge is 0.338 e. The molecule has 0 saturated carbocycles. The zero-order valence-corrected chi connectivity index (χ0v) is 10.8. The van der Waals surface area contributed by atoms with Crippen molar-refractivity contribution in [3.8, 4) is 0 Å². The van der Waals surface area contributed by atoms with Crippen LogP contribution in [-0.2, 0) is 6.54 Å². The maximum Gasteiger partial charge on any atom is 0.240 e. The van der Waals surface area contributed by atoms with E-state index in [1.807, 2.05) is 0 Å². The van der Waals surface area contributed by atoms with Crippen LogP contribution in [0.3, 0.4) is 0 Å². The Labute approximate surface area is 102 Å². The Hall–Kier alpha value is -0.650. The number of aromatic nitrogens is 2. The van der Waals surface area contributed by atoms with Gasteiger partial charge in [0.1, 0.15) is 0 Å². The molecule has 0 unspecified atom stereocenters. The highest BCUT2D eigenvalue weighted by Gasteiger charge is 2.23. The molecule has 1 fully saturated rings. The van der Waals surface area contributed by atoms with Crippen molar-refractivity contribution in [3.05, 3.63) is 11.7 Å². The Bertz CT molecular complexity index is 324. The van der Waals surface area contributed by atoms with Crippen LogP contribution in [-0.4, -0.2) is 41.2 Å². The average Bonchev–Trinajstić information content (AvgIpc) is 2.48. The molecule has 0 amide bonds. The minimum absolute atomic E-state index is 0. The van der Waals surface area contributed by atoms with Crippen molar-refractivity contribution in [1.82, 2.24) is 20.4 Å². The lowest BCUT2D eigenvalue weighted by Crippen LogP contribution is -2.55. The number of nitrogens with zero attached hydrogens (tertiary/aromatic N) is 3. The number of hydrogen-bond acceptors (Lipinski definition) is 5. The highest BCUT2D eigenvalue weighted by atomic mass is 35.5. The molecular formula is C10H19ClN4O. The fourth-order valence-electron chi connectivity index (χ4n) is 1.49. The standard InChI is InChI=1S/C10H18N4O.ClH/c1-7(2)10-12-9(15-13-10)6-14(3)8-4-11-5-8;/h7-8,11H,4-6H2,1-3H3;1H. The van der Waals surface area contributed by atoms with Gasteiger partial charge < -0.3 is 9.84 Å². The van der Waals surface area contributed by atoms with E-state index in [1.54, 1.807) is 0 Å². The van der Waals surface area contributed by atoms with Gasteiger partial charge in [-0.1, -0.05) is 19.0 Å². The number of halogens is 1. The molecule has 0 radical (unpaired) electrons. The third kappa shape index (κ3) is 2.93. The Morgan fingerprint density at radius 1 is 1.50 bits per heavy atom. The SMILES string of the molecule is CC(C)c1noc(CN(C)C2CNC2)n1.Cl. The first-order valence-corrected chi connectivity index (χ1v) is 5.40. The highest BCUT2D eigenvalue weighted by Crippen LogP contribution is 2.12. The third-order valence-electron chi connectivity index (χ3n) is 2.77. The van der Waals surface area contributed by atoms with Crippen LogP contribution in [0.2, 0.25) is 0 Å². The molecule has 0 atom stereocenters. The predicted octanol–water partition coefficient (Wildman–Crippen LogP) is 1.02. The summed E-state index contributed by atoms with van der Waals surface area (Å²) in [6, 6.07) is 0.611. The van der Waals surface area contributed by atoms with E-state index in [0.717, 1.165) is 25.5 Å². The fraction of sp³-hybridized carbons (Fsp3) is 0.800. The molecule has 6 heteroatoms. The second-order valence-corrected chi connectivity index (χ2v) is 4.43. The summed E-state index contributed by atoms with van der Waals surface area (Å²) in [4.78, 5) is 6.59. The van der Waals surface area contributed by atoms with Crippen LogP contribution in [0, 0.1) is 0 Å². The zero-order chi connectivity index (χ0) is 10.8. The van der Waals surface area contributed by atoms with Crippen molar-refractivity contribution < 1.29 is 4.52 Å². The van der Waals surface area contributed by atoms with Gasteiger partial charge in [0.15, 0.2) is 5.82 Å². The summed E-state index contributed by atoms with van der Waals surface area (Å²) in [6.45, 7) is 6.98. The van der Waals surface area contributed by atoms with Gasteiger partial charge in [0.2, 0.25) is 5.89 Å². The van der Waals surface area contributed by atoms with Crippen molar-refractivity contribution in [3.63, 3.8) is 0 Å². The van der Waals surface area contributed by atoms with Crippen LogP contribution in [0.1, 0.15) is 31.5 Å². The molecule has 1 N–H and O–H groups in total. The lowest BCUT2D eigenvalue weighted by atomic mass is 10.1. The normalized spacial score (nSPS) is 16.3. The Morgan fingerprint density at radius 3 is 2.62 bits per heavy atom. The van der Waals surface area contributed by atoms with Crippen molar-refractivity contribution in [2.75, 3.05) is 20.1 Å². The van der Waals surface area contributed by atoms with Crippen molar-refractivity contribution in [1.29, 1.82) is 0 Å². The van der Waals surface area contributed by atoms with Crippen molar-refractivity contribution >= 4 is 12.4 Å². The predicted molar refractivity (Wildman–Crippen MR) is 63.8 cm³/mol. The van der Waals surface area contributed by atoms with Gasteiger partial charge in [-0.2, -0.15) is 4.98 Å². The summed E-state index contributed by atoms with van der Waals surface area (Å²) < 4.78 is 5.19. The molecule has 0 aromatic carbocycles. The van der Waals surface area contributed by atoms with Gasteiger partial charge >= 0.3 is 0 Å². The topological polar surface area (TPSA) is 54.2 Å². The Balaban J connectivity index is 0.00000128. The molecule has 0 bridgehead atoms. The molecule has 1 aromatic rings. The first-order valence-electron chi connectivity index (χ1n) is 5.40. The van der Waals surface area contributed by atoms with Crippen LogP contribution in [0.25, 0.3) is 0 Å². The van der Waals surface area contributed by atoms with E-state index in [4.69, 9.17) is 4.52 Å². The molecule has 1 aliphatic rings. The van der Waals surface area contributed by atoms with Gasteiger partial charge in [-0.25, -0.2) is 0 Å². The lowest BCUT2D eigenvalue weighted by Gasteiger charge is -2.34. The van der Waals surface area contributed by atoms with Crippen LogP contribution < -0.4 is 5.32 Å². The third-order valence-corrected chi connectivity index (χ3v) is 2.77. The molecule has 16 heavy (non-hydrogen) atoms. The number of nitrogens with one attached hydrogen (secondary N) is 1. The van der Waals surface area contributed by atoms with E-state index in [0.29, 0.717) is 17.9 Å². The van der Waals surface area contributed by atoms with E-state index in [1.165, 1.54) is 0 Å². The fourth-order valence-corrected chi connectivity index (χ4v) is 1.49. The second-order valence-electron chi connectivity index (χ2n) is 4.43.